The number of amides is 1. The molecule has 0 aliphatic rings. The van der Waals surface area contributed by atoms with Crippen LogP contribution in [0.4, 0.5) is 0 Å². The molecule has 1 N–H and O–H groups in total. The number of sulfonamides is 1. The van der Waals surface area contributed by atoms with E-state index in [1.807, 2.05) is 18.2 Å². The first-order valence-corrected chi connectivity index (χ1v) is 9.37. The summed E-state index contributed by atoms with van der Waals surface area (Å²) in [6.07, 6.45) is -0.202. The van der Waals surface area contributed by atoms with Gasteiger partial charge >= 0.3 is 0 Å². The molecule has 0 unspecified atom stereocenters. The monoisotopic (exact) mass is 411 g/mol. The van der Waals surface area contributed by atoms with E-state index in [0.29, 0.717) is 0 Å². The Morgan fingerprint density at radius 3 is 2.29 bits per heavy atom. The SMILES string of the molecule is O=C(CCN(Cc1ccccc1)S(=O)(=O)c1ccc(Br)cc1)N[O-]. The first-order valence-electron chi connectivity index (χ1n) is 7.14. The molecule has 8 heteroatoms. The Kier molecular flexibility index (Phi) is 6.50. The van der Waals surface area contributed by atoms with Gasteiger partial charge in [0.15, 0.2) is 0 Å². The maximum Gasteiger partial charge on any atom is 0.243 e. The quantitative estimate of drug-likeness (QED) is 0.709. The van der Waals surface area contributed by atoms with Crippen molar-refractivity contribution >= 4 is 31.9 Å². The standard InChI is InChI=1S/C16H16BrN2O4S/c17-14-6-8-15(9-7-14)24(22,23)19(11-10-16(20)18-21)12-13-4-2-1-3-5-13/h1-9H,10-12H2,(H-,18,20,21)/q-1. The second-order valence-electron chi connectivity index (χ2n) is 5.05. The first-order chi connectivity index (χ1) is 11.4. The molecule has 0 heterocycles. The topological polar surface area (TPSA) is 89.5 Å². The largest absolute Gasteiger partial charge is 0.759 e. The van der Waals surface area contributed by atoms with E-state index in [2.05, 4.69) is 15.9 Å². The maximum absolute atomic E-state index is 12.8. The van der Waals surface area contributed by atoms with E-state index >= 15 is 0 Å². The highest BCUT2D eigenvalue weighted by Crippen LogP contribution is 2.21. The molecule has 0 aliphatic heterocycles. The lowest BCUT2D eigenvalue weighted by atomic mass is 10.2. The summed E-state index contributed by atoms with van der Waals surface area (Å²) in [5.74, 6) is -0.751. The number of carbonyl (C=O) groups excluding carboxylic acids is 1. The van der Waals surface area contributed by atoms with E-state index < -0.39 is 15.9 Å². The molecule has 128 valence electrons. The number of carbonyl (C=O) groups is 1. The van der Waals surface area contributed by atoms with Crippen molar-refractivity contribution in [1.82, 2.24) is 9.79 Å². The molecular formula is C16H16BrN2O4S-. The van der Waals surface area contributed by atoms with E-state index in [1.54, 1.807) is 24.3 Å². The van der Waals surface area contributed by atoms with Gasteiger partial charge < -0.3 is 10.7 Å². The molecule has 0 bridgehead atoms. The zero-order valence-corrected chi connectivity index (χ0v) is 15.1. The minimum absolute atomic E-state index is 0.0820. The summed E-state index contributed by atoms with van der Waals surface area (Å²) in [6, 6.07) is 15.3. The summed E-state index contributed by atoms with van der Waals surface area (Å²) in [5, 5.41) is 10.4. The molecular weight excluding hydrogens is 396 g/mol. The number of hydroxylamine groups is 1. The minimum atomic E-state index is -3.79. The normalized spacial score (nSPS) is 11.5. The van der Waals surface area contributed by atoms with Crippen molar-refractivity contribution < 1.29 is 13.2 Å². The lowest BCUT2D eigenvalue weighted by Gasteiger charge is -2.22. The fraction of sp³-hybridized carbons (Fsp3) is 0.188. The van der Waals surface area contributed by atoms with Crippen molar-refractivity contribution in [3.8, 4) is 0 Å². The highest BCUT2D eigenvalue weighted by Gasteiger charge is 2.25. The van der Waals surface area contributed by atoms with Gasteiger partial charge in [0.2, 0.25) is 15.9 Å². The molecule has 0 saturated heterocycles. The Labute approximate surface area is 149 Å². The molecule has 24 heavy (non-hydrogen) atoms. The Morgan fingerprint density at radius 1 is 1.08 bits per heavy atom. The Balaban J connectivity index is 2.29. The summed E-state index contributed by atoms with van der Waals surface area (Å²) in [6.45, 7) is 0.0345. The third-order valence-corrected chi connectivity index (χ3v) is 5.74. The van der Waals surface area contributed by atoms with Crippen LogP contribution in [0.25, 0.3) is 0 Å². The van der Waals surface area contributed by atoms with Gasteiger partial charge in [-0.3, -0.25) is 4.79 Å². The second kappa shape index (κ2) is 8.39. The zero-order valence-electron chi connectivity index (χ0n) is 12.7. The first kappa shape index (κ1) is 18.6. The van der Waals surface area contributed by atoms with Crippen LogP contribution in [-0.2, 0) is 21.4 Å². The summed E-state index contributed by atoms with van der Waals surface area (Å²) >= 11 is 3.27. The van der Waals surface area contributed by atoms with E-state index in [-0.39, 0.29) is 24.4 Å². The Morgan fingerprint density at radius 2 is 1.71 bits per heavy atom. The van der Waals surface area contributed by atoms with Crippen molar-refractivity contribution in [1.29, 1.82) is 0 Å². The van der Waals surface area contributed by atoms with Crippen LogP contribution in [0, 0.1) is 5.21 Å². The van der Waals surface area contributed by atoms with Crippen LogP contribution >= 0.6 is 15.9 Å². The third kappa shape index (κ3) is 4.88. The molecule has 0 aromatic heterocycles. The lowest BCUT2D eigenvalue weighted by Crippen LogP contribution is -2.34. The van der Waals surface area contributed by atoms with Gasteiger partial charge in [-0.1, -0.05) is 46.3 Å². The molecule has 0 atom stereocenters. The van der Waals surface area contributed by atoms with Crippen LogP contribution < -0.4 is 5.48 Å². The predicted octanol–water partition coefficient (Wildman–Crippen LogP) is 2.64. The fourth-order valence-corrected chi connectivity index (χ4v) is 3.80. The van der Waals surface area contributed by atoms with Crippen LogP contribution in [0.15, 0.2) is 64.0 Å². The van der Waals surface area contributed by atoms with E-state index in [1.165, 1.54) is 21.9 Å². The molecule has 0 fully saturated rings. The van der Waals surface area contributed by atoms with E-state index in [4.69, 9.17) is 0 Å². The Bertz CT molecular complexity index is 779. The Hall–Kier alpha value is -1.74. The average molecular weight is 412 g/mol. The average Bonchev–Trinajstić information content (AvgIpc) is 2.59. The molecule has 2 aromatic rings. The molecule has 0 saturated carbocycles. The van der Waals surface area contributed by atoms with Gasteiger partial charge in [-0.15, -0.1) is 0 Å². The van der Waals surface area contributed by atoms with Crippen LogP contribution in [0.3, 0.4) is 0 Å². The summed E-state index contributed by atoms with van der Waals surface area (Å²) < 4.78 is 27.7. The number of hydrogen-bond acceptors (Lipinski definition) is 4. The van der Waals surface area contributed by atoms with Gasteiger partial charge in [-0.05, 0) is 29.8 Å². The number of halogens is 1. The van der Waals surface area contributed by atoms with Crippen LogP contribution in [0.1, 0.15) is 12.0 Å². The number of rotatable bonds is 7. The van der Waals surface area contributed by atoms with Crippen LogP contribution in [0.2, 0.25) is 0 Å². The van der Waals surface area contributed by atoms with Gasteiger partial charge in [0.05, 0.1) is 4.90 Å². The van der Waals surface area contributed by atoms with Crippen LogP contribution in [-0.4, -0.2) is 25.2 Å². The highest BCUT2D eigenvalue weighted by molar-refractivity contribution is 9.10. The minimum Gasteiger partial charge on any atom is -0.759 e. The van der Waals surface area contributed by atoms with Gasteiger partial charge in [-0.25, -0.2) is 8.42 Å². The third-order valence-electron chi connectivity index (χ3n) is 3.36. The van der Waals surface area contributed by atoms with Crippen molar-refractivity contribution in [2.75, 3.05) is 6.54 Å². The molecule has 2 rings (SSSR count). The second-order valence-corrected chi connectivity index (χ2v) is 7.91. The van der Waals surface area contributed by atoms with Gasteiger partial charge in [-0.2, -0.15) is 4.31 Å². The molecule has 0 spiro atoms. The van der Waals surface area contributed by atoms with Gasteiger partial charge in [0, 0.05) is 24.0 Å². The molecule has 0 radical (unpaired) electrons. The maximum atomic E-state index is 12.8. The molecule has 2 aromatic carbocycles. The summed E-state index contributed by atoms with van der Waals surface area (Å²) in [7, 11) is -3.79. The molecule has 6 nitrogen and oxygen atoms in total. The highest BCUT2D eigenvalue weighted by atomic mass is 79.9. The smallest absolute Gasteiger partial charge is 0.243 e. The molecule has 0 aliphatic carbocycles. The van der Waals surface area contributed by atoms with Crippen molar-refractivity contribution in [3.05, 3.63) is 69.8 Å². The summed E-state index contributed by atoms with van der Waals surface area (Å²) in [5.41, 5.74) is 2.06. The van der Waals surface area contributed by atoms with E-state index in [9.17, 15) is 18.4 Å². The van der Waals surface area contributed by atoms with Gasteiger partial charge in [0.25, 0.3) is 0 Å². The zero-order chi connectivity index (χ0) is 17.6. The number of hydrogen-bond donors (Lipinski definition) is 1. The number of nitrogens with zero attached hydrogens (tertiary/aromatic N) is 1. The van der Waals surface area contributed by atoms with E-state index in [0.717, 1.165) is 10.0 Å². The number of nitrogens with one attached hydrogen (secondary N) is 1. The van der Waals surface area contributed by atoms with Crippen molar-refractivity contribution in [2.24, 2.45) is 0 Å². The predicted molar refractivity (Wildman–Crippen MR) is 94.3 cm³/mol. The molecule has 1 amide bonds. The lowest BCUT2D eigenvalue weighted by molar-refractivity contribution is -0.120. The summed E-state index contributed by atoms with van der Waals surface area (Å²) in [4.78, 5) is 11.4. The number of benzene rings is 2. The van der Waals surface area contributed by atoms with Crippen molar-refractivity contribution in [3.63, 3.8) is 0 Å². The van der Waals surface area contributed by atoms with Crippen LogP contribution in [0.5, 0.6) is 0 Å². The fourth-order valence-electron chi connectivity index (χ4n) is 2.10. The van der Waals surface area contributed by atoms with Crippen molar-refractivity contribution in [2.45, 2.75) is 17.9 Å². The van der Waals surface area contributed by atoms with Gasteiger partial charge in [0.1, 0.15) is 0 Å².